The Hall–Kier alpha value is -0.853. The number of methoxy groups -OCH3 is 1. The summed E-state index contributed by atoms with van der Waals surface area (Å²) in [6.07, 6.45) is 0.960. The zero-order valence-corrected chi connectivity index (χ0v) is 11.1. The van der Waals surface area contributed by atoms with Crippen LogP contribution in [-0.2, 0) is 26.3 Å². The number of esters is 1. The van der Waals surface area contributed by atoms with Crippen molar-refractivity contribution in [2.75, 3.05) is 13.7 Å². The monoisotopic (exact) mass is 270 g/mol. The van der Waals surface area contributed by atoms with E-state index in [9.17, 15) is 17.8 Å². The summed E-state index contributed by atoms with van der Waals surface area (Å²) in [7, 11) is -3.54. The molecule has 0 atom stereocenters. The van der Waals surface area contributed by atoms with Gasteiger partial charge in [-0.1, -0.05) is 0 Å². The Labute approximate surface area is 116 Å². The smallest absolute Gasteiger partial charge is 0.743 e. The van der Waals surface area contributed by atoms with Crippen LogP contribution in [0.15, 0.2) is 11.2 Å². The van der Waals surface area contributed by atoms with E-state index in [4.69, 9.17) is 0 Å². The van der Waals surface area contributed by atoms with Gasteiger partial charge in [0.2, 0.25) is 0 Å². The van der Waals surface area contributed by atoms with Crippen LogP contribution >= 0.6 is 0 Å². The summed E-state index contributed by atoms with van der Waals surface area (Å²) in [5, 5.41) is 2.84. The first-order valence-electron chi connectivity index (χ1n) is 4.59. The van der Waals surface area contributed by atoms with Crippen molar-refractivity contribution < 1.29 is 46.1 Å². The van der Waals surface area contributed by atoms with Crippen molar-refractivity contribution in [1.29, 1.82) is 0 Å². The normalized spacial score (nSPS) is 10.8. The van der Waals surface area contributed by atoms with E-state index >= 15 is 0 Å². The van der Waals surface area contributed by atoms with Crippen molar-refractivity contribution in [2.45, 2.75) is 18.7 Å². The number of carbonyl (C=O) groups excluding carboxylic acids is 1. The first kappa shape index (κ1) is 17.1. The molecule has 0 bridgehead atoms. The molecular weight excluding hydrogens is 259 g/mol. The van der Waals surface area contributed by atoms with Gasteiger partial charge in [-0.25, -0.2) is 17.9 Å². The maximum Gasteiger partial charge on any atom is 1.00 e. The van der Waals surface area contributed by atoms with Crippen LogP contribution in [0, 0.1) is 0 Å². The molecule has 1 heterocycles. The summed E-state index contributed by atoms with van der Waals surface area (Å²) in [6, 6.07) is 0. The fraction of sp³-hybridized carbons (Fsp3) is 0.500. The zero-order chi connectivity index (χ0) is 13.1. The Kier molecular flexibility index (Phi) is 6.59. The minimum absolute atomic E-state index is 0. The standard InChI is InChI=1S/C8H12N2O6S.Li/c1-3-16-8(11)6-4-9-10(5-15-2)7(6)17(12,13)14;/h4H,3,5H2,1-2H3,(H,12,13,14);/q;+1/p-1. The second-order valence-electron chi connectivity index (χ2n) is 2.96. The quantitative estimate of drug-likeness (QED) is 0.311. The van der Waals surface area contributed by atoms with Crippen LogP contribution in [0.1, 0.15) is 17.3 Å². The molecule has 0 aliphatic rings. The van der Waals surface area contributed by atoms with Crippen molar-refractivity contribution in [3.8, 4) is 0 Å². The molecule has 1 aromatic heterocycles. The van der Waals surface area contributed by atoms with Gasteiger partial charge in [0.15, 0.2) is 5.03 Å². The average molecular weight is 270 g/mol. The summed E-state index contributed by atoms with van der Waals surface area (Å²) in [6.45, 7) is 1.37. The molecule has 0 unspecified atom stereocenters. The molecule has 0 fully saturated rings. The van der Waals surface area contributed by atoms with Crippen LogP contribution in [0.25, 0.3) is 0 Å². The predicted molar refractivity (Wildman–Crippen MR) is 53.2 cm³/mol. The van der Waals surface area contributed by atoms with E-state index in [1.807, 2.05) is 0 Å². The molecule has 0 aliphatic heterocycles. The van der Waals surface area contributed by atoms with E-state index in [0.29, 0.717) is 0 Å². The predicted octanol–water partition coefficient (Wildman–Crippen LogP) is -3.43. The van der Waals surface area contributed by atoms with E-state index in [2.05, 4.69) is 14.6 Å². The molecule has 0 radical (unpaired) electrons. The number of carbonyl (C=O) groups is 1. The average Bonchev–Trinajstić information content (AvgIpc) is 2.62. The van der Waals surface area contributed by atoms with Gasteiger partial charge in [-0.05, 0) is 6.92 Å². The van der Waals surface area contributed by atoms with Crippen LogP contribution in [-0.4, -0.2) is 42.4 Å². The molecule has 1 rings (SSSR count). The number of hydrogen-bond donors (Lipinski definition) is 0. The van der Waals surface area contributed by atoms with Crippen molar-refractivity contribution in [1.82, 2.24) is 9.78 Å². The van der Waals surface area contributed by atoms with Crippen LogP contribution in [0.2, 0.25) is 0 Å². The summed E-state index contributed by atoms with van der Waals surface area (Å²) >= 11 is 0. The Morgan fingerprint density at radius 2 is 2.17 bits per heavy atom. The van der Waals surface area contributed by atoms with Crippen LogP contribution in [0.3, 0.4) is 0 Å². The van der Waals surface area contributed by atoms with Crippen molar-refractivity contribution >= 4 is 16.1 Å². The van der Waals surface area contributed by atoms with E-state index < -0.39 is 21.1 Å². The van der Waals surface area contributed by atoms with Gasteiger partial charge in [0, 0.05) is 7.11 Å². The molecule has 18 heavy (non-hydrogen) atoms. The van der Waals surface area contributed by atoms with Gasteiger partial charge in [0.25, 0.3) is 0 Å². The minimum Gasteiger partial charge on any atom is -0.743 e. The van der Waals surface area contributed by atoms with Gasteiger partial charge in [0.1, 0.15) is 22.4 Å². The second-order valence-corrected chi connectivity index (χ2v) is 4.25. The SMILES string of the molecule is CCOC(=O)c1cnn(COC)c1S(=O)(=O)[O-].[Li+]. The molecule has 8 nitrogen and oxygen atoms in total. The van der Waals surface area contributed by atoms with Crippen LogP contribution in [0.5, 0.6) is 0 Å². The van der Waals surface area contributed by atoms with Gasteiger partial charge in [-0.2, -0.15) is 5.10 Å². The molecule has 0 aromatic carbocycles. The third kappa shape index (κ3) is 3.83. The molecule has 0 spiro atoms. The van der Waals surface area contributed by atoms with Gasteiger partial charge in [-0.3, -0.25) is 0 Å². The first-order valence-corrected chi connectivity index (χ1v) is 6.00. The summed E-state index contributed by atoms with van der Waals surface area (Å²) < 4.78 is 43.2. The number of hydrogen-bond acceptors (Lipinski definition) is 7. The minimum atomic E-state index is -4.84. The number of ether oxygens (including phenoxy) is 2. The van der Waals surface area contributed by atoms with E-state index in [-0.39, 0.29) is 37.8 Å². The van der Waals surface area contributed by atoms with Crippen LogP contribution < -0.4 is 18.9 Å². The molecule has 10 heteroatoms. The fourth-order valence-electron chi connectivity index (χ4n) is 1.20. The molecule has 0 amide bonds. The molecule has 0 N–H and O–H groups in total. The maximum atomic E-state index is 11.4. The topological polar surface area (TPSA) is 111 Å². The van der Waals surface area contributed by atoms with Gasteiger partial charge < -0.3 is 14.0 Å². The molecule has 1 aromatic rings. The van der Waals surface area contributed by atoms with E-state index in [1.54, 1.807) is 6.92 Å². The van der Waals surface area contributed by atoms with Crippen molar-refractivity contribution in [3.63, 3.8) is 0 Å². The summed E-state index contributed by atoms with van der Waals surface area (Å²) in [4.78, 5) is 11.4. The van der Waals surface area contributed by atoms with Crippen molar-refractivity contribution in [3.05, 3.63) is 11.8 Å². The van der Waals surface area contributed by atoms with Crippen molar-refractivity contribution in [2.24, 2.45) is 0 Å². The number of nitrogens with zero attached hydrogens (tertiary/aromatic N) is 2. The molecule has 96 valence electrons. The third-order valence-corrected chi connectivity index (χ3v) is 2.68. The summed E-state index contributed by atoms with van der Waals surface area (Å²) in [5.74, 6) is -0.913. The van der Waals surface area contributed by atoms with E-state index in [0.717, 1.165) is 10.9 Å². The number of rotatable bonds is 5. The maximum absolute atomic E-state index is 11.4. The second kappa shape index (κ2) is 6.91. The fourth-order valence-corrected chi connectivity index (χ4v) is 1.96. The molecule has 0 saturated heterocycles. The summed E-state index contributed by atoms with van der Waals surface area (Å²) in [5.41, 5.74) is -0.390. The zero-order valence-electron chi connectivity index (χ0n) is 10.2. The molecular formula is C8H11LiN2O6S. The van der Waals surface area contributed by atoms with E-state index in [1.165, 1.54) is 7.11 Å². The number of aromatic nitrogens is 2. The molecule has 0 aliphatic carbocycles. The van der Waals surface area contributed by atoms with Crippen LogP contribution in [0.4, 0.5) is 0 Å². The molecule has 0 saturated carbocycles. The van der Waals surface area contributed by atoms with Gasteiger partial charge >= 0.3 is 24.8 Å². The Bertz CT molecular complexity index is 512. The Morgan fingerprint density at radius 1 is 1.56 bits per heavy atom. The Balaban J connectivity index is 0.00000289. The largest absolute Gasteiger partial charge is 1.00 e. The van der Waals surface area contributed by atoms with Gasteiger partial charge in [0.05, 0.1) is 12.8 Å². The third-order valence-electron chi connectivity index (χ3n) is 1.77. The Morgan fingerprint density at radius 3 is 2.61 bits per heavy atom. The first-order chi connectivity index (χ1) is 7.91. The van der Waals surface area contributed by atoms with Gasteiger partial charge in [-0.15, -0.1) is 0 Å².